The molecular weight excluding hydrogens is 438 g/mol. The van der Waals surface area contributed by atoms with E-state index >= 15 is 0 Å². The lowest BCUT2D eigenvalue weighted by molar-refractivity contribution is 0.513. The van der Waals surface area contributed by atoms with Gasteiger partial charge in [0.25, 0.3) is 0 Å². The normalized spacial score (nSPS) is 15.1. The largest absolute Gasteiger partial charge is 0.319 e. The van der Waals surface area contributed by atoms with Crippen LogP contribution in [0.15, 0.2) is 122 Å². The van der Waals surface area contributed by atoms with Crippen molar-refractivity contribution in [3.63, 3.8) is 0 Å². The highest BCUT2D eigenvalue weighted by atomic mass is 15.1. The quantitative estimate of drug-likeness (QED) is 0.261. The summed E-state index contributed by atoms with van der Waals surface area (Å²) in [5.74, 6) is 0.225. The molecule has 0 spiro atoms. The Morgan fingerprint density at radius 3 is 1.92 bits per heavy atom. The summed E-state index contributed by atoms with van der Waals surface area (Å²) >= 11 is 0. The van der Waals surface area contributed by atoms with Gasteiger partial charge in [-0.1, -0.05) is 97.1 Å². The number of fused-ring (bicyclic) bond motifs is 1. The molecule has 5 aromatic rings. The third kappa shape index (κ3) is 3.63. The van der Waals surface area contributed by atoms with E-state index in [1.165, 1.54) is 27.8 Å². The van der Waals surface area contributed by atoms with Crippen LogP contribution in [0.3, 0.4) is 0 Å². The van der Waals surface area contributed by atoms with Crippen molar-refractivity contribution < 1.29 is 0 Å². The molecule has 0 fully saturated rings. The standard InChI is InChI=1S/C33H27N3/c34-22-25-19-20-30-26(21-25)11-10-18-31(30)32-23-36(24-35-32)33(27-12-4-1-5-13-27,28-14-6-2-7-15-28)29-16-8-3-9-17-29/h1-9,12-17,19-21,23-24,31H,10-11,18H2. The summed E-state index contributed by atoms with van der Waals surface area (Å²) in [6, 6.07) is 40.5. The van der Waals surface area contributed by atoms with Crippen LogP contribution in [0.4, 0.5) is 0 Å². The Labute approximate surface area is 212 Å². The summed E-state index contributed by atoms with van der Waals surface area (Å²) in [4.78, 5) is 5.02. The number of aromatic nitrogens is 2. The van der Waals surface area contributed by atoms with Gasteiger partial charge in [-0.3, -0.25) is 0 Å². The van der Waals surface area contributed by atoms with E-state index in [9.17, 15) is 5.26 Å². The molecule has 1 aliphatic carbocycles. The molecule has 1 atom stereocenters. The van der Waals surface area contributed by atoms with Crippen LogP contribution in [-0.4, -0.2) is 9.55 Å². The Bertz CT molecular complexity index is 1420. The van der Waals surface area contributed by atoms with E-state index in [1.807, 2.05) is 12.4 Å². The highest BCUT2D eigenvalue weighted by Crippen LogP contribution is 2.42. The van der Waals surface area contributed by atoms with Crippen molar-refractivity contribution in [3.05, 3.63) is 161 Å². The Morgan fingerprint density at radius 2 is 1.36 bits per heavy atom. The molecule has 6 rings (SSSR count). The third-order valence-electron chi connectivity index (χ3n) is 7.51. The Kier molecular flexibility index (Phi) is 5.71. The lowest BCUT2D eigenvalue weighted by atomic mass is 9.76. The van der Waals surface area contributed by atoms with Crippen LogP contribution in [0.25, 0.3) is 0 Å². The van der Waals surface area contributed by atoms with Crippen molar-refractivity contribution >= 4 is 0 Å². The molecule has 4 aromatic carbocycles. The molecular formula is C33H27N3. The minimum absolute atomic E-state index is 0.225. The Hall–Kier alpha value is -4.42. The summed E-state index contributed by atoms with van der Waals surface area (Å²) < 4.78 is 2.29. The average Bonchev–Trinajstić information content (AvgIpc) is 3.45. The maximum absolute atomic E-state index is 9.37. The number of hydrogen-bond donors (Lipinski definition) is 0. The second kappa shape index (κ2) is 9.32. The van der Waals surface area contributed by atoms with Gasteiger partial charge in [-0.25, -0.2) is 4.98 Å². The third-order valence-corrected chi connectivity index (χ3v) is 7.51. The molecule has 0 aliphatic heterocycles. The maximum Gasteiger partial charge on any atom is 0.121 e. The molecule has 0 saturated carbocycles. The SMILES string of the molecule is N#Cc1ccc2c(c1)CCCC2c1cn(C(c2ccccc2)(c2ccccc2)c2ccccc2)cn1. The summed E-state index contributed by atoms with van der Waals surface area (Å²) in [5.41, 5.74) is 7.40. The van der Waals surface area contributed by atoms with Gasteiger partial charge in [-0.15, -0.1) is 0 Å². The van der Waals surface area contributed by atoms with Gasteiger partial charge in [0, 0.05) is 12.1 Å². The van der Waals surface area contributed by atoms with Gasteiger partial charge in [0.2, 0.25) is 0 Å². The number of nitrogens with zero attached hydrogens (tertiary/aromatic N) is 3. The summed E-state index contributed by atoms with van der Waals surface area (Å²) in [5, 5.41) is 9.37. The molecule has 1 heterocycles. The number of hydrogen-bond acceptors (Lipinski definition) is 2. The average molecular weight is 466 g/mol. The van der Waals surface area contributed by atoms with Crippen LogP contribution in [0.5, 0.6) is 0 Å². The maximum atomic E-state index is 9.37. The number of rotatable bonds is 5. The second-order valence-electron chi connectivity index (χ2n) is 9.48. The van der Waals surface area contributed by atoms with Gasteiger partial charge in [0.15, 0.2) is 0 Å². The highest BCUT2D eigenvalue weighted by molar-refractivity contribution is 5.51. The lowest BCUT2D eigenvalue weighted by Crippen LogP contribution is -2.37. The molecule has 3 nitrogen and oxygen atoms in total. The molecule has 174 valence electrons. The number of aryl methyl sites for hydroxylation is 1. The first kappa shape index (κ1) is 22.1. The van der Waals surface area contributed by atoms with Crippen LogP contribution >= 0.6 is 0 Å². The van der Waals surface area contributed by atoms with Crippen molar-refractivity contribution in [2.45, 2.75) is 30.7 Å². The topological polar surface area (TPSA) is 41.6 Å². The van der Waals surface area contributed by atoms with Crippen LogP contribution in [0.2, 0.25) is 0 Å². The molecule has 0 saturated heterocycles. The first-order valence-corrected chi connectivity index (χ1v) is 12.5. The van der Waals surface area contributed by atoms with Crippen LogP contribution in [-0.2, 0) is 12.0 Å². The molecule has 0 amide bonds. The molecule has 1 aliphatic rings. The molecule has 1 unspecified atom stereocenters. The molecule has 36 heavy (non-hydrogen) atoms. The van der Waals surface area contributed by atoms with Gasteiger partial charge in [0.1, 0.15) is 5.54 Å². The molecule has 0 radical (unpaired) electrons. The van der Waals surface area contributed by atoms with E-state index in [0.717, 1.165) is 30.5 Å². The zero-order valence-electron chi connectivity index (χ0n) is 20.1. The number of imidazole rings is 1. The van der Waals surface area contributed by atoms with Crippen LogP contribution in [0.1, 0.15) is 57.8 Å². The van der Waals surface area contributed by atoms with E-state index in [0.29, 0.717) is 0 Å². The van der Waals surface area contributed by atoms with E-state index in [-0.39, 0.29) is 5.92 Å². The zero-order chi connectivity index (χ0) is 24.4. The van der Waals surface area contributed by atoms with Gasteiger partial charge in [-0.2, -0.15) is 5.26 Å². The molecule has 0 N–H and O–H groups in total. The minimum atomic E-state index is -0.558. The first-order chi connectivity index (χ1) is 17.8. The van der Waals surface area contributed by atoms with Gasteiger partial charge in [0.05, 0.1) is 23.7 Å². The summed E-state index contributed by atoms with van der Waals surface area (Å²) in [6.45, 7) is 0. The predicted molar refractivity (Wildman–Crippen MR) is 143 cm³/mol. The fraction of sp³-hybridized carbons (Fsp3) is 0.152. The first-order valence-electron chi connectivity index (χ1n) is 12.5. The van der Waals surface area contributed by atoms with E-state index in [2.05, 4.69) is 120 Å². The van der Waals surface area contributed by atoms with Crippen LogP contribution < -0.4 is 0 Å². The monoisotopic (exact) mass is 465 g/mol. The molecule has 1 aromatic heterocycles. The molecule has 3 heteroatoms. The van der Waals surface area contributed by atoms with Crippen molar-refractivity contribution in [1.82, 2.24) is 9.55 Å². The minimum Gasteiger partial charge on any atom is -0.319 e. The van der Waals surface area contributed by atoms with Gasteiger partial charge < -0.3 is 4.57 Å². The lowest BCUT2D eigenvalue weighted by Gasteiger charge is -2.37. The van der Waals surface area contributed by atoms with E-state index in [1.54, 1.807) is 0 Å². The van der Waals surface area contributed by atoms with E-state index in [4.69, 9.17) is 4.98 Å². The number of benzene rings is 4. The van der Waals surface area contributed by atoms with Crippen LogP contribution in [0, 0.1) is 11.3 Å². The number of nitriles is 1. The second-order valence-corrected chi connectivity index (χ2v) is 9.48. The van der Waals surface area contributed by atoms with E-state index < -0.39 is 5.54 Å². The van der Waals surface area contributed by atoms with Gasteiger partial charge >= 0.3 is 0 Å². The fourth-order valence-corrected chi connectivity index (χ4v) is 5.88. The predicted octanol–water partition coefficient (Wildman–Crippen LogP) is 7.06. The fourth-order valence-electron chi connectivity index (χ4n) is 5.88. The Balaban J connectivity index is 1.56. The van der Waals surface area contributed by atoms with Crippen molar-refractivity contribution in [2.75, 3.05) is 0 Å². The van der Waals surface area contributed by atoms with Crippen molar-refractivity contribution in [1.29, 1.82) is 5.26 Å². The van der Waals surface area contributed by atoms with Crippen molar-refractivity contribution in [2.24, 2.45) is 0 Å². The molecule has 0 bridgehead atoms. The highest BCUT2D eigenvalue weighted by Gasteiger charge is 2.39. The smallest absolute Gasteiger partial charge is 0.121 e. The Morgan fingerprint density at radius 1 is 0.778 bits per heavy atom. The van der Waals surface area contributed by atoms with Crippen molar-refractivity contribution in [3.8, 4) is 6.07 Å². The zero-order valence-corrected chi connectivity index (χ0v) is 20.1. The summed E-state index contributed by atoms with van der Waals surface area (Å²) in [6.07, 6.45) is 7.42. The van der Waals surface area contributed by atoms with Gasteiger partial charge in [-0.05, 0) is 59.2 Å². The summed E-state index contributed by atoms with van der Waals surface area (Å²) in [7, 11) is 0.